The number of benzene rings is 2. The molecule has 2 atom stereocenters. The molecule has 2 aromatic heterocycles. The molecule has 1 N–H and O–H groups in total. The van der Waals surface area contributed by atoms with Gasteiger partial charge in [-0.05, 0) is 80.2 Å². The molecule has 0 amide bonds. The van der Waals surface area contributed by atoms with E-state index in [0.717, 1.165) is 34.0 Å². The standard InChI is InChI=1S/C27H24Cl2N4OS/c1-16-14-19(17(2)32(16)23-10-5-4-8-20(23)28)26-25(22-9-6-7-13-30-22)31-27(35)33(26)18-11-12-24(34-3)21(29)15-18/h4-15,25-26H,1-3H3,(H,31,35)/t25-,26+/m0/s1. The van der Waals surface area contributed by atoms with Crippen LogP contribution in [0, 0.1) is 13.8 Å². The first-order chi connectivity index (χ1) is 16.9. The minimum absolute atomic E-state index is 0.162. The van der Waals surface area contributed by atoms with Crippen molar-refractivity contribution in [2.24, 2.45) is 0 Å². The molecule has 35 heavy (non-hydrogen) atoms. The topological polar surface area (TPSA) is 42.3 Å². The van der Waals surface area contributed by atoms with Gasteiger partial charge >= 0.3 is 0 Å². The van der Waals surface area contributed by atoms with Crippen molar-refractivity contribution in [1.82, 2.24) is 14.9 Å². The fourth-order valence-electron chi connectivity index (χ4n) is 4.84. The van der Waals surface area contributed by atoms with E-state index in [4.69, 9.17) is 40.2 Å². The number of rotatable bonds is 5. The first-order valence-electron chi connectivity index (χ1n) is 11.2. The average Bonchev–Trinajstić information content (AvgIpc) is 3.35. The van der Waals surface area contributed by atoms with Crippen LogP contribution in [0.3, 0.4) is 0 Å². The molecule has 3 heterocycles. The number of aryl methyl sites for hydroxylation is 1. The van der Waals surface area contributed by atoms with Crippen LogP contribution in [0.15, 0.2) is 72.9 Å². The largest absolute Gasteiger partial charge is 0.495 e. The van der Waals surface area contributed by atoms with Crippen molar-refractivity contribution in [2.75, 3.05) is 12.0 Å². The van der Waals surface area contributed by atoms with E-state index >= 15 is 0 Å². The van der Waals surface area contributed by atoms with Crippen LogP contribution >= 0.6 is 35.4 Å². The molecule has 0 unspecified atom stereocenters. The molecule has 0 radical (unpaired) electrons. The highest BCUT2D eigenvalue weighted by atomic mass is 35.5. The van der Waals surface area contributed by atoms with Crippen LogP contribution in [-0.4, -0.2) is 21.8 Å². The van der Waals surface area contributed by atoms with Crippen molar-refractivity contribution in [3.8, 4) is 11.4 Å². The number of aromatic nitrogens is 2. The minimum Gasteiger partial charge on any atom is -0.495 e. The molecule has 1 aliphatic heterocycles. The van der Waals surface area contributed by atoms with Gasteiger partial charge in [0.05, 0.1) is 40.6 Å². The van der Waals surface area contributed by atoms with E-state index in [1.165, 1.54) is 0 Å². The fraction of sp³-hybridized carbons (Fsp3) is 0.185. The minimum atomic E-state index is -0.163. The van der Waals surface area contributed by atoms with Crippen LogP contribution in [-0.2, 0) is 0 Å². The van der Waals surface area contributed by atoms with Gasteiger partial charge < -0.3 is 19.5 Å². The van der Waals surface area contributed by atoms with E-state index in [0.29, 0.717) is 20.9 Å². The highest BCUT2D eigenvalue weighted by Crippen LogP contribution is 2.45. The number of nitrogens with one attached hydrogen (secondary N) is 1. The molecule has 0 bridgehead atoms. The van der Waals surface area contributed by atoms with E-state index in [1.54, 1.807) is 13.3 Å². The molecular formula is C27H24Cl2N4OS. The molecule has 1 fully saturated rings. The summed E-state index contributed by atoms with van der Waals surface area (Å²) in [5.41, 5.74) is 6.01. The molecule has 1 aliphatic rings. The van der Waals surface area contributed by atoms with Gasteiger partial charge in [0.2, 0.25) is 0 Å². The molecule has 1 saturated heterocycles. The second-order valence-electron chi connectivity index (χ2n) is 8.43. The SMILES string of the molecule is COc1ccc(N2C(=S)N[C@@H](c3ccccn3)[C@H]2c2cc(C)n(-c3ccccc3Cl)c2C)cc1Cl. The highest BCUT2D eigenvalue weighted by Gasteiger charge is 2.42. The zero-order chi connectivity index (χ0) is 24.7. The second kappa shape index (κ2) is 9.53. The lowest BCUT2D eigenvalue weighted by Crippen LogP contribution is -2.29. The van der Waals surface area contributed by atoms with Gasteiger partial charge in [-0.1, -0.05) is 41.4 Å². The van der Waals surface area contributed by atoms with Gasteiger partial charge in [-0.2, -0.15) is 0 Å². The number of ether oxygens (including phenoxy) is 1. The van der Waals surface area contributed by atoms with Crippen LogP contribution < -0.4 is 15.0 Å². The summed E-state index contributed by atoms with van der Waals surface area (Å²) >= 11 is 19.0. The molecule has 5 nitrogen and oxygen atoms in total. The number of methoxy groups -OCH3 is 1. The average molecular weight is 523 g/mol. The number of hydrogen-bond donors (Lipinski definition) is 1. The van der Waals surface area contributed by atoms with Gasteiger partial charge in [0, 0.05) is 23.3 Å². The zero-order valence-corrected chi connectivity index (χ0v) is 21.8. The van der Waals surface area contributed by atoms with E-state index in [1.807, 2.05) is 60.7 Å². The predicted molar refractivity (Wildman–Crippen MR) is 146 cm³/mol. The first-order valence-corrected chi connectivity index (χ1v) is 12.3. The smallest absolute Gasteiger partial charge is 0.174 e. The Morgan fingerprint density at radius 3 is 2.43 bits per heavy atom. The second-order valence-corrected chi connectivity index (χ2v) is 9.63. The Morgan fingerprint density at radius 2 is 1.74 bits per heavy atom. The van der Waals surface area contributed by atoms with E-state index in [9.17, 15) is 0 Å². The van der Waals surface area contributed by atoms with Crippen molar-refractivity contribution in [3.63, 3.8) is 0 Å². The third kappa shape index (κ3) is 4.16. The third-order valence-corrected chi connectivity index (χ3v) is 7.32. The van der Waals surface area contributed by atoms with E-state index < -0.39 is 0 Å². The Balaban J connectivity index is 1.69. The summed E-state index contributed by atoms with van der Waals surface area (Å²) in [7, 11) is 1.60. The zero-order valence-electron chi connectivity index (χ0n) is 19.5. The fourth-order valence-corrected chi connectivity index (χ4v) is 5.66. The molecule has 0 saturated carbocycles. The number of pyridine rings is 1. The molecule has 8 heteroatoms. The molecular weight excluding hydrogens is 499 g/mol. The van der Waals surface area contributed by atoms with Crippen molar-refractivity contribution in [2.45, 2.75) is 25.9 Å². The van der Waals surface area contributed by atoms with Crippen LogP contribution in [0.4, 0.5) is 5.69 Å². The summed E-state index contributed by atoms with van der Waals surface area (Å²) < 4.78 is 7.55. The summed E-state index contributed by atoms with van der Waals surface area (Å²) in [6.45, 7) is 4.20. The normalized spacial score (nSPS) is 17.5. The van der Waals surface area contributed by atoms with Gasteiger partial charge in [0.1, 0.15) is 5.75 Å². The van der Waals surface area contributed by atoms with Gasteiger partial charge in [-0.3, -0.25) is 4.98 Å². The number of para-hydroxylation sites is 1. The summed E-state index contributed by atoms with van der Waals surface area (Å²) in [5.74, 6) is 0.614. The Bertz CT molecular complexity index is 1410. The number of nitrogens with zero attached hydrogens (tertiary/aromatic N) is 3. The number of halogens is 2. The first kappa shape index (κ1) is 23.7. The maximum Gasteiger partial charge on any atom is 0.174 e. The summed E-state index contributed by atoms with van der Waals surface area (Å²) in [5, 5.41) is 5.33. The Morgan fingerprint density at radius 1 is 0.971 bits per heavy atom. The number of thiocarbonyl (C=S) groups is 1. The summed E-state index contributed by atoms with van der Waals surface area (Å²) in [4.78, 5) is 6.76. The molecule has 5 rings (SSSR count). The van der Waals surface area contributed by atoms with E-state index in [2.05, 4.69) is 39.7 Å². The van der Waals surface area contributed by atoms with E-state index in [-0.39, 0.29) is 12.1 Å². The summed E-state index contributed by atoms with van der Waals surface area (Å²) in [6.07, 6.45) is 1.80. The number of hydrogen-bond acceptors (Lipinski definition) is 3. The lowest BCUT2D eigenvalue weighted by atomic mass is 9.96. The predicted octanol–water partition coefficient (Wildman–Crippen LogP) is 6.98. The Kier molecular flexibility index (Phi) is 6.45. The third-order valence-electron chi connectivity index (χ3n) is 6.39. The highest BCUT2D eigenvalue weighted by molar-refractivity contribution is 7.80. The van der Waals surface area contributed by atoms with Crippen molar-refractivity contribution >= 4 is 46.2 Å². The van der Waals surface area contributed by atoms with Crippen LogP contribution in [0.5, 0.6) is 5.75 Å². The summed E-state index contributed by atoms with van der Waals surface area (Å²) in [6, 6.07) is 21.4. The molecule has 2 aromatic carbocycles. The molecule has 4 aromatic rings. The van der Waals surface area contributed by atoms with Crippen LogP contribution in [0.25, 0.3) is 5.69 Å². The Labute approximate surface area is 220 Å². The Hall–Kier alpha value is -3.06. The van der Waals surface area contributed by atoms with Crippen LogP contribution in [0.1, 0.15) is 34.7 Å². The molecule has 178 valence electrons. The molecule has 0 spiro atoms. The van der Waals surface area contributed by atoms with Gasteiger partial charge in [0.25, 0.3) is 0 Å². The van der Waals surface area contributed by atoms with Gasteiger partial charge in [-0.15, -0.1) is 0 Å². The maximum atomic E-state index is 6.59. The van der Waals surface area contributed by atoms with Crippen molar-refractivity contribution < 1.29 is 4.74 Å². The van der Waals surface area contributed by atoms with Gasteiger partial charge in [-0.25, -0.2) is 0 Å². The molecule has 0 aliphatic carbocycles. The quantitative estimate of drug-likeness (QED) is 0.286. The lowest BCUT2D eigenvalue weighted by Gasteiger charge is -2.28. The van der Waals surface area contributed by atoms with Crippen molar-refractivity contribution in [3.05, 3.63) is 106 Å². The van der Waals surface area contributed by atoms with Crippen molar-refractivity contribution in [1.29, 1.82) is 0 Å². The monoisotopic (exact) mass is 522 g/mol. The maximum absolute atomic E-state index is 6.59. The van der Waals surface area contributed by atoms with Crippen LogP contribution in [0.2, 0.25) is 10.0 Å². The lowest BCUT2D eigenvalue weighted by molar-refractivity contribution is 0.415. The van der Waals surface area contributed by atoms with Gasteiger partial charge in [0.15, 0.2) is 5.11 Å². The number of anilines is 1.